The van der Waals surface area contributed by atoms with Crippen LogP contribution in [0.4, 0.5) is 5.69 Å². The average molecular weight is 374 g/mol. The zero-order chi connectivity index (χ0) is 16.6. The van der Waals surface area contributed by atoms with Crippen LogP contribution in [-0.4, -0.2) is 25.3 Å². The topological polar surface area (TPSA) is 46.6 Å². The Labute approximate surface area is 143 Å². The number of aryl methyl sites for hydroxylation is 1. The number of ketones is 1. The Morgan fingerprint density at radius 2 is 2.04 bits per heavy atom. The number of rotatable bonds is 4. The van der Waals surface area contributed by atoms with Crippen LogP contribution in [0.1, 0.15) is 21.5 Å². The van der Waals surface area contributed by atoms with E-state index in [1.165, 1.54) is 0 Å². The highest BCUT2D eigenvalue weighted by Gasteiger charge is 2.24. The van der Waals surface area contributed by atoms with E-state index in [9.17, 15) is 9.59 Å². The molecule has 1 amide bonds. The van der Waals surface area contributed by atoms with Crippen LogP contribution in [0.25, 0.3) is 0 Å². The summed E-state index contributed by atoms with van der Waals surface area (Å²) < 4.78 is 6.42. The number of halogens is 1. The Hall–Kier alpha value is -2.14. The number of Topliss-reactive ketones (excluding diaryl/α,β-unsaturated/α-hetero) is 1. The van der Waals surface area contributed by atoms with Crippen LogP contribution < -0.4 is 9.64 Å². The Bertz CT molecular complexity index is 801. The van der Waals surface area contributed by atoms with Crippen molar-refractivity contribution in [1.29, 1.82) is 0 Å². The van der Waals surface area contributed by atoms with Gasteiger partial charge in [-0.25, -0.2) is 0 Å². The van der Waals surface area contributed by atoms with Gasteiger partial charge < -0.3 is 9.64 Å². The van der Waals surface area contributed by atoms with Crippen molar-refractivity contribution >= 4 is 33.3 Å². The van der Waals surface area contributed by atoms with Crippen LogP contribution in [-0.2, 0) is 11.2 Å². The van der Waals surface area contributed by atoms with Crippen molar-refractivity contribution in [3.8, 4) is 5.75 Å². The Morgan fingerprint density at radius 1 is 1.26 bits per heavy atom. The van der Waals surface area contributed by atoms with E-state index in [2.05, 4.69) is 15.9 Å². The van der Waals surface area contributed by atoms with Gasteiger partial charge in [-0.15, -0.1) is 0 Å². The smallest absolute Gasteiger partial charge is 0.231 e. The summed E-state index contributed by atoms with van der Waals surface area (Å²) in [7, 11) is 1.74. The van der Waals surface area contributed by atoms with Crippen molar-refractivity contribution in [2.75, 3.05) is 18.6 Å². The maximum absolute atomic E-state index is 12.3. The molecule has 0 unspecified atom stereocenters. The molecular formula is C18H16BrNO3. The standard InChI is InChI=1S/C18H16BrNO3/c1-11-3-6-17(14(19)7-11)23-10-16(21)12-4-5-15-13(8-12)9-18(22)20(15)2/h3-8H,9-10H2,1-2H3. The zero-order valence-electron chi connectivity index (χ0n) is 12.9. The second-order valence-corrected chi connectivity index (χ2v) is 6.47. The number of amides is 1. The van der Waals surface area contributed by atoms with Crippen molar-refractivity contribution in [2.45, 2.75) is 13.3 Å². The van der Waals surface area contributed by atoms with Gasteiger partial charge in [-0.1, -0.05) is 6.07 Å². The van der Waals surface area contributed by atoms with E-state index < -0.39 is 0 Å². The van der Waals surface area contributed by atoms with Crippen LogP contribution in [0.3, 0.4) is 0 Å². The van der Waals surface area contributed by atoms with Gasteiger partial charge in [-0.2, -0.15) is 0 Å². The number of ether oxygens (including phenoxy) is 1. The van der Waals surface area contributed by atoms with E-state index in [-0.39, 0.29) is 18.3 Å². The summed E-state index contributed by atoms with van der Waals surface area (Å²) in [6.45, 7) is 1.95. The van der Waals surface area contributed by atoms with Gasteiger partial charge in [0.05, 0.1) is 10.9 Å². The fourth-order valence-electron chi connectivity index (χ4n) is 2.59. The molecule has 0 atom stereocenters. The number of hydrogen-bond donors (Lipinski definition) is 0. The molecule has 0 radical (unpaired) electrons. The highest BCUT2D eigenvalue weighted by Crippen LogP contribution is 2.29. The molecule has 4 nitrogen and oxygen atoms in total. The monoisotopic (exact) mass is 373 g/mol. The summed E-state index contributed by atoms with van der Waals surface area (Å²) in [6, 6.07) is 11.0. The second kappa shape index (κ2) is 6.16. The van der Waals surface area contributed by atoms with Crippen LogP contribution in [0, 0.1) is 6.92 Å². The molecule has 0 N–H and O–H groups in total. The summed E-state index contributed by atoms with van der Waals surface area (Å²) in [6.07, 6.45) is 0.345. The largest absolute Gasteiger partial charge is 0.484 e. The summed E-state index contributed by atoms with van der Waals surface area (Å²) in [5.41, 5.74) is 3.44. The maximum Gasteiger partial charge on any atom is 0.231 e. The lowest BCUT2D eigenvalue weighted by atomic mass is 10.1. The van der Waals surface area contributed by atoms with E-state index in [1.807, 2.05) is 31.2 Å². The Kier molecular flexibility index (Phi) is 4.22. The Morgan fingerprint density at radius 3 is 2.78 bits per heavy atom. The molecule has 0 aromatic heterocycles. The quantitative estimate of drug-likeness (QED) is 0.770. The number of carbonyl (C=O) groups is 2. The number of anilines is 1. The van der Waals surface area contributed by atoms with Gasteiger partial charge in [0.1, 0.15) is 5.75 Å². The van der Waals surface area contributed by atoms with Gasteiger partial charge in [-0.3, -0.25) is 9.59 Å². The number of carbonyl (C=O) groups excluding carboxylic acids is 2. The highest BCUT2D eigenvalue weighted by molar-refractivity contribution is 9.10. The molecule has 118 valence electrons. The summed E-state index contributed by atoms with van der Waals surface area (Å²) in [5, 5.41) is 0. The molecule has 0 fully saturated rings. The van der Waals surface area contributed by atoms with Crippen molar-refractivity contribution in [3.05, 3.63) is 57.6 Å². The van der Waals surface area contributed by atoms with Gasteiger partial charge in [0.2, 0.25) is 5.91 Å². The first-order chi connectivity index (χ1) is 11.0. The molecule has 0 bridgehead atoms. The van der Waals surface area contributed by atoms with Gasteiger partial charge in [0.25, 0.3) is 0 Å². The minimum atomic E-state index is -0.109. The number of fused-ring (bicyclic) bond motifs is 1. The van der Waals surface area contributed by atoms with Crippen LogP contribution >= 0.6 is 15.9 Å². The third-order valence-corrected chi connectivity index (χ3v) is 4.54. The number of hydrogen-bond acceptors (Lipinski definition) is 3. The average Bonchev–Trinajstić information content (AvgIpc) is 2.80. The predicted octanol–water partition coefficient (Wildman–Crippen LogP) is 3.54. The molecule has 1 heterocycles. The third kappa shape index (κ3) is 3.15. The second-order valence-electron chi connectivity index (χ2n) is 5.62. The zero-order valence-corrected chi connectivity index (χ0v) is 14.5. The van der Waals surface area contributed by atoms with E-state index >= 15 is 0 Å². The first-order valence-electron chi connectivity index (χ1n) is 7.27. The van der Waals surface area contributed by atoms with Crippen LogP contribution in [0.2, 0.25) is 0 Å². The molecule has 1 aliphatic rings. The molecule has 0 saturated heterocycles. The van der Waals surface area contributed by atoms with Crippen molar-refractivity contribution < 1.29 is 14.3 Å². The number of likely N-dealkylation sites (N-methyl/N-ethyl adjacent to an activating group) is 1. The SMILES string of the molecule is Cc1ccc(OCC(=O)c2ccc3c(c2)CC(=O)N3C)c(Br)c1. The van der Waals surface area contributed by atoms with Crippen LogP contribution in [0.5, 0.6) is 5.75 Å². The number of benzene rings is 2. The molecule has 1 aliphatic heterocycles. The fourth-order valence-corrected chi connectivity index (χ4v) is 3.20. The lowest BCUT2D eigenvalue weighted by Crippen LogP contribution is -2.20. The third-order valence-electron chi connectivity index (χ3n) is 3.92. The van der Waals surface area contributed by atoms with E-state index in [0.717, 1.165) is 21.3 Å². The molecule has 0 saturated carbocycles. The molecular weight excluding hydrogens is 358 g/mol. The van der Waals surface area contributed by atoms with Gasteiger partial charge >= 0.3 is 0 Å². The molecule has 2 aromatic carbocycles. The normalized spacial score (nSPS) is 13.2. The molecule has 3 rings (SSSR count). The van der Waals surface area contributed by atoms with Gasteiger partial charge in [0.15, 0.2) is 12.4 Å². The minimum Gasteiger partial charge on any atom is -0.484 e. The van der Waals surface area contributed by atoms with Gasteiger partial charge in [0, 0.05) is 18.3 Å². The molecule has 2 aromatic rings. The van der Waals surface area contributed by atoms with E-state index in [1.54, 1.807) is 24.1 Å². The molecule has 0 spiro atoms. The van der Waals surface area contributed by atoms with Crippen LogP contribution in [0.15, 0.2) is 40.9 Å². The lowest BCUT2D eigenvalue weighted by Gasteiger charge is -2.11. The number of nitrogens with zero attached hydrogens (tertiary/aromatic N) is 1. The summed E-state index contributed by atoms with van der Waals surface area (Å²) >= 11 is 3.43. The Balaban J connectivity index is 1.72. The van der Waals surface area contributed by atoms with E-state index in [4.69, 9.17) is 4.74 Å². The molecule has 5 heteroatoms. The van der Waals surface area contributed by atoms with E-state index in [0.29, 0.717) is 17.7 Å². The predicted molar refractivity (Wildman–Crippen MR) is 92.3 cm³/mol. The first kappa shape index (κ1) is 15.7. The first-order valence-corrected chi connectivity index (χ1v) is 8.06. The fraction of sp³-hybridized carbons (Fsp3) is 0.222. The van der Waals surface area contributed by atoms with Crippen molar-refractivity contribution in [1.82, 2.24) is 0 Å². The molecule has 0 aliphatic carbocycles. The molecule has 23 heavy (non-hydrogen) atoms. The summed E-state index contributed by atoms with van der Waals surface area (Å²) in [4.78, 5) is 25.6. The lowest BCUT2D eigenvalue weighted by molar-refractivity contribution is -0.117. The minimum absolute atomic E-state index is 0.0375. The summed E-state index contributed by atoms with van der Waals surface area (Å²) in [5.74, 6) is 0.576. The van der Waals surface area contributed by atoms with Crippen molar-refractivity contribution in [2.24, 2.45) is 0 Å². The van der Waals surface area contributed by atoms with Crippen molar-refractivity contribution in [3.63, 3.8) is 0 Å². The maximum atomic E-state index is 12.3. The highest BCUT2D eigenvalue weighted by atomic mass is 79.9. The van der Waals surface area contributed by atoms with Gasteiger partial charge in [-0.05, 0) is 64.3 Å².